The molecule has 4 atom stereocenters. The Hall–Kier alpha value is -2.88. The van der Waals surface area contributed by atoms with Crippen molar-refractivity contribution in [2.75, 3.05) is 12.4 Å². The third-order valence-corrected chi connectivity index (χ3v) is 6.61. The predicted molar refractivity (Wildman–Crippen MR) is 110 cm³/mol. The minimum Gasteiger partial charge on any atom is -0.497 e. The second-order valence-corrected chi connectivity index (χ2v) is 8.03. The molecule has 142 valence electrons. The van der Waals surface area contributed by atoms with Gasteiger partial charge >= 0.3 is 0 Å². The topological polar surface area (TPSA) is 51.2 Å². The van der Waals surface area contributed by atoms with Crippen LogP contribution in [0, 0.1) is 17.8 Å². The lowest BCUT2D eigenvalue weighted by Gasteiger charge is -2.30. The van der Waals surface area contributed by atoms with Crippen LogP contribution >= 0.6 is 0 Å². The number of nitrogens with zero attached hydrogens (tertiary/aromatic N) is 1. The maximum absolute atomic E-state index is 13.4. The smallest absolute Gasteiger partial charge is 0.228 e. The van der Waals surface area contributed by atoms with Crippen molar-refractivity contribution in [2.45, 2.75) is 25.2 Å². The van der Waals surface area contributed by atoms with Gasteiger partial charge in [-0.25, -0.2) is 0 Å². The first kappa shape index (κ1) is 17.2. The van der Waals surface area contributed by atoms with Crippen molar-refractivity contribution in [2.24, 2.45) is 17.8 Å². The van der Waals surface area contributed by atoms with Gasteiger partial charge in [-0.2, -0.15) is 0 Å². The van der Waals surface area contributed by atoms with Gasteiger partial charge in [0.05, 0.1) is 18.3 Å². The lowest BCUT2D eigenvalue weighted by molar-refractivity contribution is -0.121. The van der Waals surface area contributed by atoms with Gasteiger partial charge in [-0.15, -0.1) is 0 Å². The average Bonchev–Trinajstić information content (AvgIpc) is 3.36. The molecule has 2 aliphatic rings. The quantitative estimate of drug-likeness (QED) is 0.700. The minimum absolute atomic E-state index is 0.0195. The fourth-order valence-electron chi connectivity index (χ4n) is 5.40. The largest absolute Gasteiger partial charge is 0.497 e. The Morgan fingerprint density at radius 3 is 2.64 bits per heavy atom. The van der Waals surface area contributed by atoms with Crippen molar-refractivity contribution in [3.63, 3.8) is 0 Å². The van der Waals surface area contributed by atoms with Crippen LogP contribution in [0.25, 0.3) is 10.9 Å². The number of fused-ring (bicyclic) bond motifs is 3. The Labute approximate surface area is 164 Å². The summed E-state index contributed by atoms with van der Waals surface area (Å²) in [6, 6.07) is 18.2. The molecule has 4 heteroatoms. The van der Waals surface area contributed by atoms with Crippen LogP contribution in [0.2, 0.25) is 0 Å². The first-order valence-electron chi connectivity index (χ1n) is 10.0. The van der Waals surface area contributed by atoms with Crippen molar-refractivity contribution >= 4 is 22.5 Å². The molecule has 28 heavy (non-hydrogen) atoms. The third kappa shape index (κ3) is 2.84. The molecule has 4 nitrogen and oxygen atoms in total. The van der Waals surface area contributed by atoms with Crippen LogP contribution in [-0.4, -0.2) is 18.0 Å². The number of para-hydroxylation sites is 1. The number of aromatic nitrogens is 1. The van der Waals surface area contributed by atoms with Crippen molar-refractivity contribution < 1.29 is 9.53 Å². The average molecular weight is 372 g/mol. The van der Waals surface area contributed by atoms with E-state index in [4.69, 9.17) is 4.74 Å². The van der Waals surface area contributed by atoms with E-state index >= 15 is 0 Å². The molecular weight excluding hydrogens is 348 g/mol. The van der Waals surface area contributed by atoms with Gasteiger partial charge in [-0.3, -0.25) is 9.78 Å². The molecule has 2 bridgehead atoms. The van der Waals surface area contributed by atoms with Crippen LogP contribution in [0.1, 0.15) is 30.7 Å². The number of methoxy groups -OCH3 is 1. The van der Waals surface area contributed by atoms with E-state index in [1.165, 1.54) is 12.0 Å². The van der Waals surface area contributed by atoms with Crippen LogP contribution in [0.3, 0.4) is 0 Å². The first-order chi connectivity index (χ1) is 13.7. The molecule has 0 unspecified atom stereocenters. The van der Waals surface area contributed by atoms with Crippen molar-refractivity contribution in [3.05, 3.63) is 66.4 Å². The zero-order valence-electron chi connectivity index (χ0n) is 16.0. The summed E-state index contributed by atoms with van der Waals surface area (Å²) in [6.45, 7) is 0. The minimum atomic E-state index is 0.0195. The molecule has 2 aliphatic carbocycles. The molecule has 2 saturated carbocycles. The lowest BCUT2D eigenvalue weighted by Crippen LogP contribution is -2.32. The van der Waals surface area contributed by atoms with E-state index < -0.39 is 0 Å². The second-order valence-electron chi connectivity index (χ2n) is 8.03. The summed E-state index contributed by atoms with van der Waals surface area (Å²) < 4.78 is 5.30. The van der Waals surface area contributed by atoms with Gasteiger partial charge in [-0.1, -0.05) is 30.3 Å². The highest BCUT2D eigenvalue weighted by Gasteiger charge is 2.51. The van der Waals surface area contributed by atoms with E-state index in [0.717, 1.165) is 35.2 Å². The number of nitrogens with one attached hydrogen (secondary N) is 1. The predicted octanol–water partition coefficient (Wildman–Crippen LogP) is 5.01. The Bertz CT molecular complexity index is 1010. The summed E-state index contributed by atoms with van der Waals surface area (Å²) in [6.07, 6.45) is 5.31. The SMILES string of the molecule is COc1ccc([C@@H]2[C@@H]3CC[C@@H](C3)[C@@H]2C(=O)Nc2cccc3cccnc23)cc1. The molecule has 2 aromatic carbocycles. The number of amides is 1. The first-order valence-corrected chi connectivity index (χ1v) is 10.0. The van der Waals surface area contributed by atoms with Crippen molar-refractivity contribution in [3.8, 4) is 5.75 Å². The number of carbonyl (C=O) groups is 1. The van der Waals surface area contributed by atoms with Crippen LogP contribution < -0.4 is 10.1 Å². The zero-order chi connectivity index (χ0) is 19.1. The summed E-state index contributed by atoms with van der Waals surface area (Å²) in [5.74, 6) is 2.36. The summed E-state index contributed by atoms with van der Waals surface area (Å²) in [5, 5.41) is 4.25. The monoisotopic (exact) mass is 372 g/mol. The van der Waals surface area contributed by atoms with E-state index in [0.29, 0.717) is 11.8 Å². The van der Waals surface area contributed by atoms with Crippen LogP contribution in [-0.2, 0) is 4.79 Å². The van der Waals surface area contributed by atoms with Gasteiger partial charge in [-0.05, 0) is 66.8 Å². The number of rotatable bonds is 4. The summed E-state index contributed by atoms with van der Waals surface area (Å²) in [4.78, 5) is 17.9. The fourth-order valence-corrected chi connectivity index (χ4v) is 5.40. The van der Waals surface area contributed by atoms with E-state index in [1.807, 2.05) is 42.5 Å². The highest BCUT2D eigenvalue weighted by atomic mass is 16.5. The van der Waals surface area contributed by atoms with Crippen LogP contribution in [0.4, 0.5) is 5.69 Å². The molecule has 0 spiro atoms. The number of pyridine rings is 1. The second kappa shape index (κ2) is 6.93. The van der Waals surface area contributed by atoms with Gasteiger partial charge < -0.3 is 10.1 Å². The van der Waals surface area contributed by atoms with Crippen molar-refractivity contribution in [1.29, 1.82) is 0 Å². The van der Waals surface area contributed by atoms with Crippen LogP contribution in [0.5, 0.6) is 5.75 Å². The molecule has 0 radical (unpaired) electrons. The number of carbonyl (C=O) groups excluding carboxylic acids is 1. The zero-order valence-corrected chi connectivity index (χ0v) is 16.0. The highest BCUT2D eigenvalue weighted by molar-refractivity contribution is 6.01. The number of ether oxygens (including phenoxy) is 1. The Kier molecular flexibility index (Phi) is 4.27. The maximum atomic E-state index is 13.4. The molecule has 0 saturated heterocycles. The number of hydrogen-bond acceptors (Lipinski definition) is 3. The maximum Gasteiger partial charge on any atom is 0.228 e. The molecule has 1 N–H and O–H groups in total. The molecule has 0 aliphatic heterocycles. The Balaban J connectivity index is 1.45. The summed E-state index contributed by atoms with van der Waals surface area (Å²) >= 11 is 0. The third-order valence-electron chi connectivity index (χ3n) is 6.61. The van der Waals surface area contributed by atoms with Gasteiger partial charge in [0.15, 0.2) is 0 Å². The van der Waals surface area contributed by atoms with Gasteiger partial charge in [0.2, 0.25) is 5.91 Å². The van der Waals surface area contributed by atoms with Gasteiger partial charge in [0, 0.05) is 17.5 Å². The molecular formula is C24H24N2O2. The lowest BCUT2D eigenvalue weighted by atomic mass is 9.75. The van der Waals surface area contributed by atoms with E-state index in [2.05, 4.69) is 22.4 Å². The standard InChI is InChI=1S/C24H24N2O2/c1-28-19-11-9-15(10-12-19)21-17-7-8-18(14-17)22(21)24(27)26-20-6-2-4-16-5-3-13-25-23(16)20/h2-6,9-13,17-18,21-22H,7-8,14H2,1H3,(H,26,27)/t17-,18+,21-,22+/m1/s1. The number of anilines is 1. The number of hydrogen-bond donors (Lipinski definition) is 1. The summed E-state index contributed by atoms with van der Waals surface area (Å²) in [7, 11) is 1.68. The molecule has 1 heterocycles. The fraction of sp³-hybridized carbons (Fsp3) is 0.333. The molecule has 2 fully saturated rings. The van der Waals surface area contributed by atoms with E-state index in [9.17, 15) is 4.79 Å². The summed E-state index contributed by atoms with van der Waals surface area (Å²) in [5.41, 5.74) is 2.91. The highest BCUT2D eigenvalue weighted by Crippen LogP contribution is 2.57. The van der Waals surface area contributed by atoms with Gasteiger partial charge in [0.25, 0.3) is 0 Å². The van der Waals surface area contributed by atoms with E-state index in [1.54, 1.807) is 13.3 Å². The van der Waals surface area contributed by atoms with Gasteiger partial charge in [0.1, 0.15) is 5.75 Å². The normalized spacial score (nSPS) is 25.8. The molecule has 3 aromatic rings. The molecule has 1 amide bonds. The Morgan fingerprint density at radius 1 is 1.04 bits per heavy atom. The number of benzene rings is 2. The van der Waals surface area contributed by atoms with Crippen molar-refractivity contribution in [1.82, 2.24) is 4.98 Å². The molecule has 5 rings (SSSR count). The van der Waals surface area contributed by atoms with Crippen LogP contribution in [0.15, 0.2) is 60.8 Å². The Morgan fingerprint density at radius 2 is 1.82 bits per heavy atom. The van der Waals surface area contributed by atoms with E-state index in [-0.39, 0.29) is 17.7 Å². The molecule has 1 aromatic heterocycles.